The van der Waals surface area contributed by atoms with Gasteiger partial charge in [-0.1, -0.05) is 36.4 Å². The third-order valence-electron chi connectivity index (χ3n) is 3.51. The molecule has 0 saturated heterocycles. The van der Waals surface area contributed by atoms with Gasteiger partial charge in [-0.05, 0) is 24.6 Å². The fraction of sp³-hybridized carbons (Fsp3) is 0.211. The molecule has 1 aliphatic rings. The van der Waals surface area contributed by atoms with Crippen LogP contribution in [-0.2, 0) is 19.1 Å². The van der Waals surface area contributed by atoms with E-state index in [2.05, 4.69) is 4.99 Å². The number of allylic oxidation sites excluding steroid dienone is 2. The predicted octanol–water partition coefficient (Wildman–Crippen LogP) is 3.09. The first kappa shape index (κ1) is 17.4. The zero-order chi connectivity index (χ0) is 17.5. The molecule has 1 aliphatic heterocycles. The van der Waals surface area contributed by atoms with Crippen molar-refractivity contribution in [2.75, 3.05) is 14.2 Å². The molecule has 1 aromatic rings. The molecule has 0 amide bonds. The minimum Gasteiger partial charge on any atom is -0.466 e. The van der Waals surface area contributed by atoms with Gasteiger partial charge in [0.2, 0.25) is 0 Å². The maximum absolute atomic E-state index is 12.0. The summed E-state index contributed by atoms with van der Waals surface area (Å²) in [6.45, 7) is 1.71. The van der Waals surface area contributed by atoms with Crippen molar-refractivity contribution in [1.29, 1.82) is 0 Å². The summed E-state index contributed by atoms with van der Waals surface area (Å²) >= 11 is 0. The van der Waals surface area contributed by atoms with Crippen LogP contribution in [0, 0.1) is 0 Å². The quantitative estimate of drug-likeness (QED) is 0.798. The Morgan fingerprint density at radius 1 is 1.04 bits per heavy atom. The van der Waals surface area contributed by atoms with Crippen LogP contribution in [0.5, 0.6) is 0 Å². The number of ether oxygens (including phenoxy) is 2. The summed E-state index contributed by atoms with van der Waals surface area (Å²) in [5.41, 5.74) is 2.77. The molecule has 0 aromatic heterocycles. The van der Waals surface area contributed by atoms with Gasteiger partial charge in [0.15, 0.2) is 0 Å². The first-order valence-electron chi connectivity index (χ1n) is 7.44. The second-order valence-electron chi connectivity index (χ2n) is 5.18. The number of carbonyl (C=O) groups excluding carboxylic acids is 2. The van der Waals surface area contributed by atoms with Gasteiger partial charge in [0.05, 0.1) is 25.5 Å². The summed E-state index contributed by atoms with van der Waals surface area (Å²) in [4.78, 5) is 28.3. The lowest BCUT2D eigenvalue weighted by atomic mass is 10.1. The summed E-state index contributed by atoms with van der Waals surface area (Å²) in [5.74, 6) is -1.03. The maximum Gasteiger partial charge on any atom is 0.339 e. The van der Waals surface area contributed by atoms with E-state index in [1.54, 1.807) is 6.92 Å². The molecule has 0 N–H and O–H groups in total. The Morgan fingerprint density at radius 3 is 2.33 bits per heavy atom. The van der Waals surface area contributed by atoms with Gasteiger partial charge in [-0.2, -0.15) is 0 Å². The molecular formula is C19H19NO4. The highest BCUT2D eigenvalue weighted by atomic mass is 16.5. The Balaban J connectivity index is 2.40. The Hall–Kier alpha value is -2.95. The molecule has 2 rings (SSSR count). The lowest BCUT2D eigenvalue weighted by molar-refractivity contribution is -0.136. The number of hydrogen-bond acceptors (Lipinski definition) is 5. The summed E-state index contributed by atoms with van der Waals surface area (Å²) in [6.07, 6.45) is 5.49. The largest absolute Gasteiger partial charge is 0.466 e. The summed E-state index contributed by atoms with van der Waals surface area (Å²) in [6, 6.07) is 9.75. The SMILES string of the molecule is COC(=O)C1=CC(C(=O)OC)=C(C)N=C(/C=C/c2ccccc2)C1. The van der Waals surface area contributed by atoms with E-state index in [0.717, 1.165) is 5.56 Å². The smallest absolute Gasteiger partial charge is 0.339 e. The van der Waals surface area contributed by atoms with Gasteiger partial charge >= 0.3 is 11.9 Å². The highest BCUT2D eigenvalue weighted by Crippen LogP contribution is 2.21. The van der Waals surface area contributed by atoms with E-state index in [-0.39, 0.29) is 12.0 Å². The second kappa shape index (κ2) is 8.06. The fourth-order valence-electron chi connectivity index (χ4n) is 2.27. The van der Waals surface area contributed by atoms with Crippen molar-refractivity contribution in [1.82, 2.24) is 0 Å². The highest BCUT2D eigenvalue weighted by molar-refractivity contribution is 6.08. The third-order valence-corrected chi connectivity index (χ3v) is 3.51. The molecule has 0 spiro atoms. The summed E-state index contributed by atoms with van der Waals surface area (Å²) in [5, 5.41) is 0. The third kappa shape index (κ3) is 4.29. The molecule has 5 nitrogen and oxygen atoms in total. The van der Waals surface area contributed by atoms with Gasteiger partial charge in [0.25, 0.3) is 0 Å². The van der Waals surface area contributed by atoms with Gasteiger partial charge < -0.3 is 9.47 Å². The standard InChI is InChI=1S/C19H19NO4/c1-13-17(19(22)24-3)12-15(18(21)23-2)11-16(20-13)10-9-14-7-5-4-6-8-14/h4-10,12H,11H2,1-3H3/b10-9+. The number of benzene rings is 1. The average Bonchev–Trinajstić information content (AvgIpc) is 2.78. The van der Waals surface area contributed by atoms with E-state index >= 15 is 0 Å². The lowest BCUT2D eigenvalue weighted by Crippen LogP contribution is -2.10. The van der Waals surface area contributed by atoms with Gasteiger partial charge in [-0.15, -0.1) is 0 Å². The molecule has 0 saturated carbocycles. The number of rotatable bonds is 4. The van der Waals surface area contributed by atoms with Crippen LogP contribution >= 0.6 is 0 Å². The predicted molar refractivity (Wildman–Crippen MR) is 92.3 cm³/mol. The highest BCUT2D eigenvalue weighted by Gasteiger charge is 2.20. The zero-order valence-electron chi connectivity index (χ0n) is 13.9. The summed E-state index contributed by atoms with van der Waals surface area (Å²) < 4.78 is 9.55. The van der Waals surface area contributed by atoms with Crippen molar-refractivity contribution in [3.8, 4) is 0 Å². The van der Waals surface area contributed by atoms with E-state index in [1.807, 2.05) is 42.5 Å². The van der Waals surface area contributed by atoms with E-state index < -0.39 is 11.9 Å². The van der Waals surface area contributed by atoms with E-state index in [0.29, 0.717) is 17.0 Å². The number of aliphatic imine (C=N–C) groups is 1. The maximum atomic E-state index is 12.0. The van der Waals surface area contributed by atoms with Crippen LogP contribution in [0.4, 0.5) is 0 Å². The van der Waals surface area contributed by atoms with E-state index in [1.165, 1.54) is 20.3 Å². The molecule has 0 radical (unpaired) electrons. The van der Waals surface area contributed by atoms with Crippen molar-refractivity contribution < 1.29 is 19.1 Å². The minimum absolute atomic E-state index is 0.251. The number of esters is 2. The molecule has 1 aromatic carbocycles. The van der Waals surface area contributed by atoms with Gasteiger partial charge in [-0.25, -0.2) is 9.59 Å². The van der Waals surface area contributed by atoms with E-state index in [9.17, 15) is 9.59 Å². The van der Waals surface area contributed by atoms with Crippen molar-refractivity contribution in [2.45, 2.75) is 13.3 Å². The molecule has 124 valence electrons. The molecule has 24 heavy (non-hydrogen) atoms. The van der Waals surface area contributed by atoms with Crippen LogP contribution in [0.15, 0.2) is 64.3 Å². The first-order valence-corrected chi connectivity index (χ1v) is 7.44. The van der Waals surface area contributed by atoms with Crippen molar-refractivity contribution in [3.63, 3.8) is 0 Å². The van der Waals surface area contributed by atoms with Crippen molar-refractivity contribution in [3.05, 3.63) is 64.9 Å². The molecule has 0 unspecified atom stereocenters. The van der Waals surface area contributed by atoms with Crippen LogP contribution in [0.25, 0.3) is 6.08 Å². The second-order valence-corrected chi connectivity index (χ2v) is 5.18. The summed E-state index contributed by atoms with van der Waals surface area (Å²) in [7, 11) is 2.60. The Labute approximate surface area is 141 Å². The zero-order valence-corrected chi connectivity index (χ0v) is 13.9. The van der Waals surface area contributed by atoms with Crippen LogP contribution in [-0.4, -0.2) is 31.9 Å². The molecule has 1 heterocycles. The fourth-order valence-corrected chi connectivity index (χ4v) is 2.27. The van der Waals surface area contributed by atoms with Gasteiger partial charge in [-0.3, -0.25) is 4.99 Å². The number of carbonyl (C=O) groups is 2. The Morgan fingerprint density at radius 2 is 1.71 bits per heavy atom. The molecule has 0 aliphatic carbocycles. The average molecular weight is 325 g/mol. The first-order chi connectivity index (χ1) is 11.5. The van der Waals surface area contributed by atoms with Crippen molar-refractivity contribution >= 4 is 23.7 Å². The van der Waals surface area contributed by atoms with Crippen LogP contribution in [0.3, 0.4) is 0 Å². The molecule has 0 atom stereocenters. The number of nitrogens with zero attached hydrogens (tertiary/aromatic N) is 1. The van der Waals surface area contributed by atoms with Crippen LogP contribution in [0.2, 0.25) is 0 Å². The molecular weight excluding hydrogens is 306 g/mol. The van der Waals surface area contributed by atoms with Gasteiger partial charge in [0, 0.05) is 17.7 Å². The van der Waals surface area contributed by atoms with Crippen LogP contribution < -0.4 is 0 Å². The lowest BCUT2D eigenvalue weighted by Gasteiger charge is -2.04. The molecule has 0 fully saturated rings. The number of hydrogen-bond donors (Lipinski definition) is 0. The molecule has 5 heteroatoms. The monoisotopic (exact) mass is 325 g/mol. The Bertz CT molecular complexity index is 755. The number of methoxy groups -OCH3 is 2. The van der Waals surface area contributed by atoms with Crippen LogP contribution in [0.1, 0.15) is 18.9 Å². The van der Waals surface area contributed by atoms with Gasteiger partial charge in [0.1, 0.15) is 0 Å². The van der Waals surface area contributed by atoms with E-state index in [4.69, 9.17) is 9.47 Å². The topological polar surface area (TPSA) is 65.0 Å². The minimum atomic E-state index is -0.536. The van der Waals surface area contributed by atoms with Crippen molar-refractivity contribution in [2.24, 2.45) is 4.99 Å². The molecule has 0 bridgehead atoms. The normalized spacial score (nSPS) is 14.8. The Kier molecular flexibility index (Phi) is 5.84.